The maximum absolute atomic E-state index is 12.8. The number of aryl methyl sites for hydroxylation is 1. The lowest BCUT2D eigenvalue weighted by Crippen LogP contribution is -2.44. The van der Waals surface area contributed by atoms with Crippen molar-refractivity contribution < 1.29 is 14.4 Å². The SMILES string of the molecule is CC(=O)c1c(C)[nH]c(C(=O)N2CCC(C(=O)N3CCCC3)CC2)c1C. The molecule has 2 fully saturated rings. The molecule has 0 aliphatic carbocycles. The van der Waals surface area contributed by atoms with Crippen molar-refractivity contribution in [1.82, 2.24) is 14.8 Å². The first-order chi connectivity index (χ1) is 11.9. The van der Waals surface area contributed by atoms with E-state index in [-0.39, 0.29) is 23.5 Å². The Bertz CT molecular complexity index is 693. The number of carbonyl (C=O) groups excluding carboxylic acids is 3. The van der Waals surface area contributed by atoms with E-state index in [4.69, 9.17) is 0 Å². The van der Waals surface area contributed by atoms with Crippen LogP contribution < -0.4 is 0 Å². The first kappa shape index (κ1) is 17.7. The Labute approximate surface area is 148 Å². The summed E-state index contributed by atoms with van der Waals surface area (Å²) in [6.45, 7) is 8.11. The van der Waals surface area contributed by atoms with Crippen molar-refractivity contribution >= 4 is 17.6 Å². The zero-order valence-corrected chi connectivity index (χ0v) is 15.4. The normalized spacial score (nSPS) is 18.7. The molecule has 0 atom stereocenters. The number of piperidine rings is 1. The minimum atomic E-state index is -0.0693. The fourth-order valence-corrected chi connectivity index (χ4v) is 4.18. The summed E-state index contributed by atoms with van der Waals surface area (Å²) in [6.07, 6.45) is 3.65. The van der Waals surface area contributed by atoms with Crippen LogP contribution in [0.4, 0.5) is 0 Å². The van der Waals surface area contributed by atoms with Crippen molar-refractivity contribution in [3.05, 3.63) is 22.5 Å². The lowest BCUT2D eigenvalue weighted by atomic mass is 9.95. The number of likely N-dealkylation sites (tertiary alicyclic amines) is 2. The van der Waals surface area contributed by atoms with Crippen molar-refractivity contribution in [3.8, 4) is 0 Å². The highest BCUT2D eigenvalue weighted by atomic mass is 16.2. The fraction of sp³-hybridized carbons (Fsp3) is 0.632. The van der Waals surface area contributed by atoms with E-state index >= 15 is 0 Å². The Morgan fingerprint density at radius 2 is 1.56 bits per heavy atom. The van der Waals surface area contributed by atoms with Gasteiger partial charge in [-0.25, -0.2) is 0 Å². The van der Waals surface area contributed by atoms with Crippen molar-refractivity contribution in [2.24, 2.45) is 5.92 Å². The number of carbonyl (C=O) groups is 3. The monoisotopic (exact) mass is 345 g/mol. The summed E-state index contributed by atoms with van der Waals surface area (Å²) >= 11 is 0. The molecule has 2 aliphatic rings. The molecule has 136 valence electrons. The summed E-state index contributed by atoms with van der Waals surface area (Å²) in [4.78, 5) is 43.9. The number of rotatable bonds is 3. The van der Waals surface area contributed by atoms with Crippen LogP contribution in [0, 0.1) is 19.8 Å². The van der Waals surface area contributed by atoms with Gasteiger partial charge in [0.25, 0.3) is 5.91 Å². The van der Waals surface area contributed by atoms with Crippen molar-refractivity contribution in [3.63, 3.8) is 0 Å². The molecule has 0 bridgehead atoms. The number of H-pyrrole nitrogens is 1. The van der Waals surface area contributed by atoms with Gasteiger partial charge in [0, 0.05) is 43.4 Å². The molecule has 0 unspecified atom stereocenters. The van der Waals surface area contributed by atoms with Crippen LogP contribution >= 0.6 is 0 Å². The molecule has 0 spiro atoms. The Kier molecular flexibility index (Phi) is 4.97. The standard InChI is InChI=1S/C19H27N3O3/c1-12-16(14(3)23)13(2)20-17(12)19(25)22-10-6-15(7-11-22)18(24)21-8-4-5-9-21/h15,20H,4-11H2,1-3H3. The molecule has 0 saturated carbocycles. The molecule has 3 heterocycles. The lowest BCUT2D eigenvalue weighted by molar-refractivity contribution is -0.135. The van der Waals surface area contributed by atoms with Crippen LogP contribution in [-0.2, 0) is 4.79 Å². The van der Waals surface area contributed by atoms with E-state index in [1.54, 1.807) is 4.90 Å². The maximum Gasteiger partial charge on any atom is 0.270 e. The average molecular weight is 345 g/mol. The van der Waals surface area contributed by atoms with Gasteiger partial charge in [-0.3, -0.25) is 14.4 Å². The van der Waals surface area contributed by atoms with E-state index in [0.29, 0.717) is 24.3 Å². The molecular formula is C19H27N3O3. The second-order valence-electron chi connectivity index (χ2n) is 7.28. The quantitative estimate of drug-likeness (QED) is 0.855. The topological polar surface area (TPSA) is 73.5 Å². The van der Waals surface area contributed by atoms with E-state index in [1.165, 1.54) is 6.92 Å². The van der Waals surface area contributed by atoms with E-state index in [2.05, 4.69) is 4.98 Å². The fourth-order valence-electron chi connectivity index (χ4n) is 4.18. The third kappa shape index (κ3) is 3.34. The molecule has 6 nitrogen and oxygen atoms in total. The second-order valence-corrected chi connectivity index (χ2v) is 7.28. The van der Waals surface area contributed by atoms with Crippen LogP contribution in [0.2, 0.25) is 0 Å². The van der Waals surface area contributed by atoms with Gasteiger partial charge in [-0.15, -0.1) is 0 Å². The smallest absolute Gasteiger partial charge is 0.270 e. The van der Waals surface area contributed by atoms with E-state index in [1.807, 2.05) is 18.7 Å². The molecule has 1 aromatic rings. The van der Waals surface area contributed by atoms with Gasteiger partial charge in [0.2, 0.25) is 5.91 Å². The highest BCUT2D eigenvalue weighted by Gasteiger charge is 2.32. The van der Waals surface area contributed by atoms with Gasteiger partial charge < -0.3 is 14.8 Å². The summed E-state index contributed by atoms with van der Waals surface area (Å²) in [6, 6.07) is 0. The third-order valence-corrected chi connectivity index (χ3v) is 5.55. The molecule has 2 aliphatic heterocycles. The first-order valence-electron chi connectivity index (χ1n) is 9.18. The van der Waals surface area contributed by atoms with E-state index < -0.39 is 0 Å². The number of nitrogens with one attached hydrogen (secondary N) is 1. The van der Waals surface area contributed by atoms with Crippen LogP contribution in [0.25, 0.3) is 0 Å². The van der Waals surface area contributed by atoms with E-state index in [9.17, 15) is 14.4 Å². The minimum Gasteiger partial charge on any atom is -0.354 e. The average Bonchev–Trinajstić information content (AvgIpc) is 3.22. The number of hydrogen-bond acceptors (Lipinski definition) is 3. The Morgan fingerprint density at radius 3 is 2.08 bits per heavy atom. The predicted octanol–water partition coefficient (Wildman–Crippen LogP) is 2.31. The Hall–Kier alpha value is -2.11. The lowest BCUT2D eigenvalue weighted by Gasteiger charge is -2.33. The van der Waals surface area contributed by atoms with Gasteiger partial charge in [-0.1, -0.05) is 0 Å². The van der Waals surface area contributed by atoms with Crippen molar-refractivity contribution in [2.75, 3.05) is 26.2 Å². The van der Waals surface area contributed by atoms with Crippen LogP contribution in [0.3, 0.4) is 0 Å². The molecule has 0 radical (unpaired) electrons. The zero-order valence-electron chi connectivity index (χ0n) is 15.4. The van der Waals surface area contributed by atoms with E-state index in [0.717, 1.165) is 50.0 Å². The maximum atomic E-state index is 12.8. The van der Waals surface area contributed by atoms with Gasteiger partial charge in [0.05, 0.1) is 0 Å². The van der Waals surface area contributed by atoms with Crippen molar-refractivity contribution in [1.29, 1.82) is 0 Å². The minimum absolute atomic E-state index is 0.0276. The van der Waals surface area contributed by atoms with Crippen LogP contribution in [0.5, 0.6) is 0 Å². The predicted molar refractivity (Wildman–Crippen MR) is 94.7 cm³/mol. The molecule has 1 aromatic heterocycles. The van der Waals surface area contributed by atoms with Crippen LogP contribution in [0.1, 0.15) is 64.7 Å². The number of amides is 2. The van der Waals surface area contributed by atoms with Gasteiger partial charge >= 0.3 is 0 Å². The largest absolute Gasteiger partial charge is 0.354 e. The molecule has 3 rings (SSSR count). The molecule has 6 heteroatoms. The number of Topliss-reactive ketones (excluding diaryl/α,β-unsaturated/α-hetero) is 1. The number of aromatic amines is 1. The number of nitrogens with zero attached hydrogens (tertiary/aromatic N) is 2. The van der Waals surface area contributed by atoms with Gasteiger partial charge in [0.15, 0.2) is 5.78 Å². The molecular weight excluding hydrogens is 318 g/mol. The first-order valence-corrected chi connectivity index (χ1v) is 9.18. The van der Waals surface area contributed by atoms with Crippen LogP contribution in [-0.4, -0.2) is 58.6 Å². The third-order valence-electron chi connectivity index (χ3n) is 5.55. The molecule has 0 aromatic carbocycles. The van der Waals surface area contributed by atoms with Gasteiger partial charge in [0.1, 0.15) is 5.69 Å². The molecule has 2 saturated heterocycles. The van der Waals surface area contributed by atoms with Crippen molar-refractivity contribution in [2.45, 2.75) is 46.5 Å². The Balaban J connectivity index is 1.65. The summed E-state index contributed by atoms with van der Waals surface area (Å²) < 4.78 is 0. The summed E-state index contributed by atoms with van der Waals surface area (Å²) in [7, 11) is 0. The number of hydrogen-bond donors (Lipinski definition) is 1. The molecule has 2 amide bonds. The summed E-state index contributed by atoms with van der Waals surface area (Å²) in [5.41, 5.74) is 2.59. The summed E-state index contributed by atoms with van der Waals surface area (Å²) in [5, 5.41) is 0. The van der Waals surface area contributed by atoms with Gasteiger partial charge in [-0.2, -0.15) is 0 Å². The number of aromatic nitrogens is 1. The summed E-state index contributed by atoms with van der Waals surface area (Å²) in [5.74, 6) is 0.206. The molecule has 25 heavy (non-hydrogen) atoms. The Morgan fingerprint density at radius 1 is 0.960 bits per heavy atom. The second kappa shape index (κ2) is 7.02. The van der Waals surface area contributed by atoms with Gasteiger partial charge in [-0.05, 0) is 52.0 Å². The molecule has 1 N–H and O–H groups in total. The van der Waals surface area contributed by atoms with Crippen LogP contribution in [0.15, 0.2) is 0 Å². The zero-order chi connectivity index (χ0) is 18.1. The number of ketones is 1. The highest BCUT2D eigenvalue weighted by molar-refractivity contribution is 6.02. The highest BCUT2D eigenvalue weighted by Crippen LogP contribution is 2.25.